The van der Waals surface area contributed by atoms with Crippen LogP contribution in [0.1, 0.15) is 39.0 Å². The van der Waals surface area contributed by atoms with E-state index >= 15 is 0 Å². The number of nitrogens with zero attached hydrogens (tertiary/aromatic N) is 7. The number of hydrogen-bond acceptors (Lipinski definition) is 10. The Hall–Kier alpha value is -3.88. The van der Waals surface area contributed by atoms with E-state index in [1.807, 2.05) is 0 Å². The molecule has 3 aliphatic rings. The summed E-state index contributed by atoms with van der Waals surface area (Å²) in [6.07, 6.45) is 6.76. The predicted octanol–water partition coefficient (Wildman–Crippen LogP) is 3.47. The second-order valence-electron chi connectivity index (χ2n) is 11.3. The average Bonchev–Trinajstić information content (AvgIpc) is 2.94. The first-order valence-corrected chi connectivity index (χ1v) is 14.2. The van der Waals surface area contributed by atoms with Crippen LogP contribution >= 0.6 is 0 Å². The molecule has 42 heavy (non-hydrogen) atoms. The molecule has 1 aliphatic carbocycles. The molecule has 2 N–H and O–H groups in total. The zero-order chi connectivity index (χ0) is 29.9. The number of carbonyl (C=O) groups is 2. The van der Waals surface area contributed by atoms with Crippen LogP contribution in [0.25, 0.3) is 0 Å². The Morgan fingerprint density at radius 2 is 1.83 bits per heavy atom. The highest BCUT2D eigenvalue weighted by atomic mass is 19.3. The standard InChI is InChI=1S/C27H37F2N9O4/c1-4-41-22-16-31-21(15-32-22)34-24(39)37(3)19-17-38(12-8-27(19,28)29)23-30-9-5-20(33-23)35-25(40)42-18-13-26(14-18)6-10-36(2)11-7-26/h5,9,15-16,18-19H,4,6-8,10-14,17H2,1-3H3,(H,31,34,39)(H,30,33,35,40)/t19-/m0/s1. The second-order valence-corrected chi connectivity index (χ2v) is 11.3. The Labute approximate surface area is 243 Å². The highest BCUT2D eigenvalue weighted by Crippen LogP contribution is 2.50. The van der Waals surface area contributed by atoms with Gasteiger partial charge in [0.15, 0.2) is 5.82 Å². The Bertz CT molecular complexity index is 1250. The van der Waals surface area contributed by atoms with Gasteiger partial charge in [-0.05, 0) is 64.2 Å². The molecular formula is C27H37F2N9O4. The number of halogens is 2. The lowest BCUT2D eigenvalue weighted by atomic mass is 9.61. The zero-order valence-electron chi connectivity index (χ0n) is 24.1. The molecule has 2 aromatic heterocycles. The Morgan fingerprint density at radius 3 is 2.52 bits per heavy atom. The molecule has 0 bridgehead atoms. The first-order chi connectivity index (χ1) is 20.1. The van der Waals surface area contributed by atoms with Crippen molar-refractivity contribution in [1.29, 1.82) is 0 Å². The Balaban J connectivity index is 1.16. The molecule has 2 saturated heterocycles. The van der Waals surface area contributed by atoms with E-state index in [1.165, 1.54) is 31.7 Å². The monoisotopic (exact) mass is 589 g/mol. The molecule has 228 valence electrons. The van der Waals surface area contributed by atoms with Crippen molar-refractivity contribution in [3.63, 3.8) is 0 Å². The molecule has 1 spiro atoms. The molecule has 1 saturated carbocycles. The Kier molecular flexibility index (Phi) is 8.57. The molecule has 0 unspecified atom stereocenters. The van der Waals surface area contributed by atoms with Gasteiger partial charge < -0.3 is 24.2 Å². The molecule has 3 fully saturated rings. The van der Waals surface area contributed by atoms with Crippen molar-refractivity contribution >= 4 is 29.7 Å². The summed E-state index contributed by atoms with van der Waals surface area (Å²) in [5, 5.41) is 5.12. The molecule has 0 radical (unpaired) electrons. The number of anilines is 3. The van der Waals surface area contributed by atoms with E-state index in [4.69, 9.17) is 9.47 Å². The van der Waals surface area contributed by atoms with Crippen LogP contribution in [0, 0.1) is 5.41 Å². The highest BCUT2D eigenvalue weighted by Gasteiger charge is 2.49. The van der Waals surface area contributed by atoms with E-state index in [0.717, 1.165) is 43.7 Å². The smallest absolute Gasteiger partial charge is 0.413 e. The molecule has 0 aromatic carbocycles. The van der Waals surface area contributed by atoms with Gasteiger partial charge in [0, 0.05) is 32.8 Å². The molecule has 5 rings (SSSR count). The summed E-state index contributed by atoms with van der Waals surface area (Å²) in [5.41, 5.74) is 0.276. The van der Waals surface area contributed by atoms with Crippen LogP contribution in [0.4, 0.5) is 36.0 Å². The van der Waals surface area contributed by atoms with Crippen molar-refractivity contribution in [3.05, 3.63) is 24.7 Å². The third-order valence-electron chi connectivity index (χ3n) is 8.34. The van der Waals surface area contributed by atoms with Crippen LogP contribution in [-0.2, 0) is 4.74 Å². The quantitative estimate of drug-likeness (QED) is 0.494. The molecule has 3 amide bonds. The van der Waals surface area contributed by atoms with E-state index in [2.05, 4.69) is 42.5 Å². The maximum Gasteiger partial charge on any atom is 0.413 e. The largest absolute Gasteiger partial charge is 0.477 e. The van der Waals surface area contributed by atoms with E-state index in [-0.39, 0.29) is 48.1 Å². The van der Waals surface area contributed by atoms with Gasteiger partial charge in [0.05, 0.1) is 19.0 Å². The Morgan fingerprint density at radius 1 is 1.07 bits per heavy atom. The van der Waals surface area contributed by atoms with Crippen LogP contribution in [-0.4, -0.2) is 107 Å². The summed E-state index contributed by atoms with van der Waals surface area (Å²) in [4.78, 5) is 46.8. The molecule has 1 atom stereocenters. The number of ether oxygens (including phenoxy) is 2. The van der Waals surface area contributed by atoms with Gasteiger partial charge in [0.25, 0.3) is 5.92 Å². The summed E-state index contributed by atoms with van der Waals surface area (Å²) >= 11 is 0. The average molecular weight is 590 g/mol. The number of rotatable bonds is 7. The van der Waals surface area contributed by atoms with Crippen LogP contribution in [0.3, 0.4) is 0 Å². The maximum absolute atomic E-state index is 15.0. The topological polar surface area (TPSA) is 138 Å². The fraction of sp³-hybridized carbons (Fsp3) is 0.630. The maximum atomic E-state index is 15.0. The van der Waals surface area contributed by atoms with E-state index in [0.29, 0.717) is 6.61 Å². The van der Waals surface area contributed by atoms with Gasteiger partial charge in [-0.2, -0.15) is 4.98 Å². The van der Waals surface area contributed by atoms with Crippen LogP contribution in [0.15, 0.2) is 24.7 Å². The fourth-order valence-corrected chi connectivity index (χ4v) is 5.76. The SMILES string of the molecule is CCOc1cnc(NC(=O)N(C)[C@H]2CN(c3nccc(NC(=O)OC4CC5(CCN(C)CC5)C4)n3)CCC2(F)F)cn1. The number of urea groups is 1. The van der Waals surface area contributed by atoms with Crippen molar-refractivity contribution in [2.75, 3.05) is 62.4 Å². The molecule has 4 heterocycles. The van der Waals surface area contributed by atoms with Gasteiger partial charge in [-0.1, -0.05) is 0 Å². The lowest BCUT2D eigenvalue weighted by molar-refractivity contribution is -0.0760. The minimum Gasteiger partial charge on any atom is -0.477 e. The number of alkyl halides is 2. The highest BCUT2D eigenvalue weighted by molar-refractivity contribution is 5.88. The summed E-state index contributed by atoms with van der Waals surface area (Å²) < 4.78 is 40.8. The van der Waals surface area contributed by atoms with Gasteiger partial charge in [-0.3, -0.25) is 10.6 Å². The molecule has 2 aromatic rings. The van der Waals surface area contributed by atoms with E-state index < -0.39 is 30.5 Å². The summed E-state index contributed by atoms with van der Waals surface area (Å²) in [6, 6.07) is -0.730. The summed E-state index contributed by atoms with van der Waals surface area (Å²) in [7, 11) is 3.42. The zero-order valence-corrected chi connectivity index (χ0v) is 24.1. The first-order valence-electron chi connectivity index (χ1n) is 14.2. The number of likely N-dealkylation sites (N-methyl/N-ethyl adjacent to an activating group) is 1. The number of carbonyl (C=O) groups excluding carboxylic acids is 2. The number of likely N-dealkylation sites (tertiary alicyclic amines) is 1. The van der Waals surface area contributed by atoms with Gasteiger partial charge in [-0.15, -0.1) is 0 Å². The normalized spacial score (nSPS) is 21.7. The predicted molar refractivity (Wildman–Crippen MR) is 150 cm³/mol. The van der Waals surface area contributed by atoms with Crippen molar-refractivity contribution < 1.29 is 27.8 Å². The van der Waals surface area contributed by atoms with Gasteiger partial charge in [0.1, 0.15) is 18.0 Å². The molecule has 2 aliphatic heterocycles. The molecule has 15 heteroatoms. The third-order valence-corrected chi connectivity index (χ3v) is 8.34. The van der Waals surface area contributed by atoms with Crippen molar-refractivity contribution in [2.45, 2.75) is 57.1 Å². The van der Waals surface area contributed by atoms with Crippen molar-refractivity contribution in [3.8, 4) is 5.88 Å². The molecule has 13 nitrogen and oxygen atoms in total. The van der Waals surface area contributed by atoms with Gasteiger partial charge in [0.2, 0.25) is 11.8 Å². The third kappa shape index (κ3) is 6.77. The minimum absolute atomic E-state index is 0.0312. The first kappa shape index (κ1) is 29.6. The number of aromatic nitrogens is 4. The van der Waals surface area contributed by atoms with Crippen LogP contribution < -0.4 is 20.3 Å². The van der Waals surface area contributed by atoms with E-state index in [9.17, 15) is 18.4 Å². The second kappa shape index (κ2) is 12.2. The van der Waals surface area contributed by atoms with Crippen LogP contribution in [0.2, 0.25) is 0 Å². The number of amides is 3. The van der Waals surface area contributed by atoms with Gasteiger partial charge in [-0.25, -0.2) is 33.3 Å². The molecular weight excluding hydrogens is 552 g/mol. The number of hydrogen-bond donors (Lipinski definition) is 2. The number of nitrogens with one attached hydrogen (secondary N) is 2. The minimum atomic E-state index is -3.15. The lowest BCUT2D eigenvalue weighted by Gasteiger charge is -2.50. The summed E-state index contributed by atoms with van der Waals surface area (Å²) in [5.74, 6) is -2.41. The number of piperidine rings is 2. The lowest BCUT2D eigenvalue weighted by Crippen LogP contribution is -2.60. The van der Waals surface area contributed by atoms with Crippen molar-refractivity contribution in [2.24, 2.45) is 5.41 Å². The summed E-state index contributed by atoms with van der Waals surface area (Å²) in [6.45, 7) is 4.07. The van der Waals surface area contributed by atoms with Crippen LogP contribution in [0.5, 0.6) is 5.88 Å². The van der Waals surface area contributed by atoms with E-state index in [1.54, 1.807) is 11.8 Å². The van der Waals surface area contributed by atoms with Crippen molar-refractivity contribution in [1.82, 2.24) is 29.7 Å². The van der Waals surface area contributed by atoms with Gasteiger partial charge >= 0.3 is 12.1 Å². The fourth-order valence-electron chi connectivity index (χ4n) is 5.76.